The van der Waals surface area contributed by atoms with Crippen LogP contribution in [0, 0.1) is 0 Å². The maximum atomic E-state index is 12.3. The number of benzene rings is 1. The molecule has 4 nitrogen and oxygen atoms in total. The Morgan fingerprint density at radius 1 is 1.22 bits per heavy atom. The lowest BCUT2D eigenvalue weighted by Crippen LogP contribution is -2.45. The highest BCUT2D eigenvalue weighted by atomic mass is 16.5. The highest BCUT2D eigenvalue weighted by molar-refractivity contribution is 5.95. The molecule has 2 aliphatic rings. The zero-order valence-corrected chi connectivity index (χ0v) is 14.8. The molecule has 0 saturated heterocycles. The Morgan fingerprint density at radius 2 is 1.83 bits per heavy atom. The lowest BCUT2D eigenvalue weighted by Gasteiger charge is -2.48. The number of carbonyl (C=O) groups is 1. The van der Waals surface area contributed by atoms with E-state index in [-0.39, 0.29) is 16.6 Å². The minimum absolute atomic E-state index is 0.0110. The fraction of sp³-hybridized carbons (Fsp3) is 0.632. The van der Waals surface area contributed by atoms with E-state index in [0.29, 0.717) is 12.2 Å². The van der Waals surface area contributed by atoms with Crippen LogP contribution in [0.5, 0.6) is 5.75 Å². The number of hydrogen-bond acceptors (Lipinski definition) is 4. The molecule has 23 heavy (non-hydrogen) atoms. The van der Waals surface area contributed by atoms with Crippen molar-refractivity contribution in [2.75, 3.05) is 24.6 Å². The van der Waals surface area contributed by atoms with Gasteiger partial charge >= 0.3 is 5.97 Å². The number of phenols is 1. The van der Waals surface area contributed by atoms with Crippen LogP contribution in [0.3, 0.4) is 0 Å². The predicted octanol–water partition coefficient (Wildman–Crippen LogP) is 3.74. The molecule has 0 fully saturated rings. The van der Waals surface area contributed by atoms with Gasteiger partial charge < -0.3 is 14.7 Å². The molecule has 0 unspecified atom stereocenters. The van der Waals surface area contributed by atoms with Crippen molar-refractivity contribution < 1.29 is 14.6 Å². The molecule has 2 aliphatic heterocycles. The Morgan fingerprint density at radius 3 is 2.43 bits per heavy atom. The Hall–Kier alpha value is -1.71. The number of rotatable bonds is 2. The summed E-state index contributed by atoms with van der Waals surface area (Å²) in [6.45, 7) is 12.8. The van der Waals surface area contributed by atoms with Crippen molar-refractivity contribution in [1.82, 2.24) is 0 Å². The van der Waals surface area contributed by atoms with Gasteiger partial charge in [-0.1, -0.05) is 27.7 Å². The highest BCUT2D eigenvalue weighted by Gasteiger charge is 2.43. The Labute approximate surface area is 138 Å². The molecule has 1 N–H and O–H groups in total. The summed E-state index contributed by atoms with van der Waals surface area (Å²) < 4.78 is 5.17. The molecule has 3 rings (SSSR count). The fourth-order valence-electron chi connectivity index (χ4n) is 3.94. The van der Waals surface area contributed by atoms with Gasteiger partial charge in [0.2, 0.25) is 0 Å². The van der Waals surface area contributed by atoms with Gasteiger partial charge in [0, 0.05) is 24.3 Å². The average Bonchev–Trinajstić information content (AvgIpc) is 2.45. The first-order valence-corrected chi connectivity index (χ1v) is 8.52. The SMILES string of the molecule is CCOC(=O)c1cc2c3c(c1O)C(C)(C)CCN3CCC2(C)C. The van der Waals surface area contributed by atoms with Crippen molar-refractivity contribution in [3.8, 4) is 5.75 Å². The number of anilines is 1. The molecule has 1 aromatic carbocycles. The number of ether oxygens (including phenoxy) is 1. The quantitative estimate of drug-likeness (QED) is 0.844. The van der Waals surface area contributed by atoms with E-state index in [4.69, 9.17) is 4.74 Å². The predicted molar refractivity (Wildman–Crippen MR) is 91.6 cm³/mol. The summed E-state index contributed by atoms with van der Waals surface area (Å²) in [5, 5.41) is 10.9. The number of hydrogen-bond donors (Lipinski definition) is 1. The third-order valence-electron chi connectivity index (χ3n) is 5.50. The number of aromatic hydroxyl groups is 1. The fourth-order valence-corrected chi connectivity index (χ4v) is 3.94. The first-order chi connectivity index (χ1) is 10.7. The number of carbonyl (C=O) groups excluding carboxylic acids is 1. The van der Waals surface area contributed by atoms with Gasteiger partial charge in [-0.2, -0.15) is 0 Å². The van der Waals surface area contributed by atoms with Gasteiger partial charge in [-0.25, -0.2) is 4.79 Å². The summed E-state index contributed by atoms with van der Waals surface area (Å²) in [5.41, 5.74) is 3.36. The van der Waals surface area contributed by atoms with Crippen molar-refractivity contribution in [2.24, 2.45) is 0 Å². The van der Waals surface area contributed by atoms with Crippen molar-refractivity contribution in [2.45, 2.75) is 58.3 Å². The number of phenolic OH excluding ortho intramolecular Hbond substituents is 1. The Balaban J connectivity index is 2.31. The molecule has 0 radical (unpaired) electrons. The molecule has 0 aromatic heterocycles. The minimum Gasteiger partial charge on any atom is -0.507 e. The monoisotopic (exact) mass is 317 g/mol. The van der Waals surface area contributed by atoms with E-state index >= 15 is 0 Å². The standard InChI is InChI=1S/C19H27NO3/c1-6-23-17(22)12-11-13-15-14(16(12)21)19(4,5)8-10-20(15)9-7-18(13,2)3/h11,21H,6-10H2,1-5H3. The van der Waals surface area contributed by atoms with E-state index in [1.54, 1.807) is 6.92 Å². The minimum atomic E-state index is -0.432. The summed E-state index contributed by atoms with van der Waals surface area (Å²) in [4.78, 5) is 14.7. The van der Waals surface area contributed by atoms with Gasteiger partial charge in [0.1, 0.15) is 11.3 Å². The molecule has 0 saturated carbocycles. The maximum absolute atomic E-state index is 12.3. The van der Waals surface area contributed by atoms with Crippen LogP contribution in [0.4, 0.5) is 5.69 Å². The zero-order valence-electron chi connectivity index (χ0n) is 14.8. The van der Waals surface area contributed by atoms with Gasteiger partial charge in [-0.05, 0) is 42.2 Å². The van der Waals surface area contributed by atoms with Crippen molar-refractivity contribution in [3.05, 3.63) is 22.8 Å². The third kappa shape index (κ3) is 2.39. The van der Waals surface area contributed by atoms with Crippen LogP contribution in [0.25, 0.3) is 0 Å². The Bertz CT molecular complexity index is 659. The molecule has 4 heteroatoms. The summed E-state index contributed by atoms with van der Waals surface area (Å²) in [5.74, 6) is -0.326. The average molecular weight is 317 g/mol. The van der Waals surface area contributed by atoms with Crippen LogP contribution in [-0.2, 0) is 15.6 Å². The molecule has 0 atom stereocenters. The molecule has 0 bridgehead atoms. The van der Waals surface area contributed by atoms with Gasteiger partial charge in [-0.15, -0.1) is 0 Å². The van der Waals surface area contributed by atoms with Crippen LogP contribution >= 0.6 is 0 Å². The largest absolute Gasteiger partial charge is 0.507 e. The smallest absolute Gasteiger partial charge is 0.341 e. The second-order valence-electron chi connectivity index (χ2n) is 8.02. The van der Waals surface area contributed by atoms with Crippen molar-refractivity contribution in [3.63, 3.8) is 0 Å². The topological polar surface area (TPSA) is 49.8 Å². The van der Waals surface area contributed by atoms with E-state index < -0.39 is 5.97 Å². The molecule has 0 aliphatic carbocycles. The van der Waals surface area contributed by atoms with Gasteiger partial charge in [0.05, 0.1) is 6.61 Å². The van der Waals surface area contributed by atoms with Crippen LogP contribution in [0.1, 0.15) is 68.9 Å². The van der Waals surface area contributed by atoms with Crippen LogP contribution in [0.15, 0.2) is 6.07 Å². The third-order valence-corrected chi connectivity index (χ3v) is 5.50. The van der Waals surface area contributed by atoms with E-state index in [2.05, 4.69) is 32.6 Å². The molecule has 0 spiro atoms. The summed E-state index contributed by atoms with van der Waals surface area (Å²) in [6, 6.07) is 1.86. The normalized spacial score (nSPS) is 20.8. The molecule has 126 valence electrons. The first-order valence-electron chi connectivity index (χ1n) is 8.52. The molecule has 1 aromatic rings. The van der Waals surface area contributed by atoms with Crippen molar-refractivity contribution in [1.29, 1.82) is 0 Å². The van der Waals surface area contributed by atoms with Gasteiger partial charge in [0.25, 0.3) is 0 Å². The second kappa shape index (κ2) is 5.15. The van der Waals surface area contributed by atoms with Gasteiger partial charge in [-0.3, -0.25) is 0 Å². The van der Waals surface area contributed by atoms with Crippen LogP contribution in [-0.4, -0.2) is 30.8 Å². The first kappa shape index (κ1) is 16.2. The Kier molecular flexibility index (Phi) is 3.62. The number of nitrogens with zero attached hydrogens (tertiary/aromatic N) is 1. The van der Waals surface area contributed by atoms with E-state index in [1.807, 2.05) is 6.07 Å². The van der Waals surface area contributed by atoms with E-state index in [9.17, 15) is 9.90 Å². The maximum Gasteiger partial charge on any atom is 0.341 e. The highest BCUT2D eigenvalue weighted by Crippen LogP contribution is 2.53. The molecular formula is C19H27NO3. The zero-order chi connectivity index (χ0) is 17.0. The van der Waals surface area contributed by atoms with E-state index in [1.165, 1.54) is 0 Å². The number of esters is 1. The summed E-state index contributed by atoms with van der Waals surface area (Å²) >= 11 is 0. The van der Waals surface area contributed by atoms with Crippen LogP contribution in [0.2, 0.25) is 0 Å². The molecule has 2 heterocycles. The van der Waals surface area contributed by atoms with Crippen molar-refractivity contribution >= 4 is 11.7 Å². The van der Waals surface area contributed by atoms with E-state index in [0.717, 1.165) is 42.7 Å². The molecule has 0 amide bonds. The lowest BCUT2D eigenvalue weighted by atomic mass is 9.68. The molecular weight excluding hydrogens is 290 g/mol. The van der Waals surface area contributed by atoms with Crippen LogP contribution < -0.4 is 4.90 Å². The summed E-state index contributed by atoms with van der Waals surface area (Å²) in [7, 11) is 0. The van der Waals surface area contributed by atoms with Gasteiger partial charge in [0.15, 0.2) is 0 Å². The summed E-state index contributed by atoms with van der Waals surface area (Å²) in [6.07, 6.45) is 2.02. The second-order valence-corrected chi connectivity index (χ2v) is 8.02. The lowest BCUT2D eigenvalue weighted by molar-refractivity contribution is 0.0522.